The lowest BCUT2D eigenvalue weighted by molar-refractivity contribution is -0.198. The van der Waals surface area contributed by atoms with Crippen molar-refractivity contribution in [2.24, 2.45) is 23.5 Å². The number of esters is 2. The van der Waals surface area contributed by atoms with Crippen LogP contribution >= 0.6 is 23.8 Å². The van der Waals surface area contributed by atoms with Crippen LogP contribution in [0.2, 0.25) is 5.02 Å². The summed E-state index contributed by atoms with van der Waals surface area (Å²) >= 11 is 12.5. The number of allylic oxidation sites excluding steroid dienone is 3. The van der Waals surface area contributed by atoms with E-state index < -0.39 is 113 Å². The molecule has 28 heteroatoms. The maximum atomic E-state index is 14.5. The van der Waals surface area contributed by atoms with Crippen molar-refractivity contribution in [2.75, 3.05) is 65.6 Å². The molecule has 2 aromatic carbocycles. The van der Waals surface area contributed by atoms with Gasteiger partial charge in [-0.2, -0.15) is 0 Å². The molecule has 96 heavy (non-hydrogen) atoms. The van der Waals surface area contributed by atoms with Gasteiger partial charge in [-0.05, 0) is 94.3 Å². The van der Waals surface area contributed by atoms with Gasteiger partial charge in [-0.15, -0.1) is 5.06 Å². The average Bonchev–Trinajstić information content (AvgIpc) is 1.57. The first-order chi connectivity index (χ1) is 45.4. The number of fused-ring (bicyclic) bond motifs is 6. The van der Waals surface area contributed by atoms with Crippen LogP contribution in [0.5, 0.6) is 0 Å². The largest absolute Gasteiger partial charge is 0.462 e. The van der Waals surface area contributed by atoms with Gasteiger partial charge in [-0.3, -0.25) is 38.5 Å². The van der Waals surface area contributed by atoms with Crippen molar-refractivity contribution in [1.29, 1.82) is 0 Å². The molecule has 0 spiro atoms. The average molecular weight is 1370 g/mol. The Morgan fingerprint density at radius 3 is 2.34 bits per heavy atom. The van der Waals surface area contributed by atoms with Crippen LogP contribution in [0.25, 0.3) is 10.9 Å². The maximum Gasteiger partial charge on any atom is 0.335 e. The minimum Gasteiger partial charge on any atom is -0.462 e. The number of benzene rings is 2. The molecule has 4 aliphatic heterocycles. The van der Waals surface area contributed by atoms with Crippen LogP contribution < -0.4 is 26.6 Å². The van der Waals surface area contributed by atoms with Crippen molar-refractivity contribution in [3.8, 4) is 0 Å². The highest BCUT2D eigenvalue weighted by Gasteiger charge is 2.64. The van der Waals surface area contributed by atoms with E-state index in [-0.39, 0.29) is 108 Å². The van der Waals surface area contributed by atoms with E-state index in [0.717, 1.165) is 16.7 Å². The number of nitrogens with two attached hydrogens (primary N) is 1. The third-order valence-electron chi connectivity index (χ3n) is 17.9. The van der Waals surface area contributed by atoms with Crippen molar-refractivity contribution in [2.45, 2.75) is 167 Å². The maximum absolute atomic E-state index is 14.5. The number of epoxide rings is 1. The number of carbonyl (C=O) groups is 10. The van der Waals surface area contributed by atoms with Crippen LogP contribution in [0, 0.1) is 24.7 Å². The molecule has 10 atom stereocenters. The Kier molecular flexibility index (Phi) is 26.7. The van der Waals surface area contributed by atoms with Gasteiger partial charge in [0.2, 0.25) is 11.8 Å². The number of ether oxygens (including phenoxy) is 6. The van der Waals surface area contributed by atoms with Crippen molar-refractivity contribution in [3.63, 3.8) is 0 Å². The first kappa shape index (κ1) is 75.6. The summed E-state index contributed by atoms with van der Waals surface area (Å²) in [7, 11) is 4.49. The number of methoxy groups -OCH3 is 1. The number of amides is 7. The van der Waals surface area contributed by atoms with Crippen LogP contribution in [0.3, 0.4) is 0 Å². The molecule has 4 aliphatic rings. The number of hydroxylamine groups is 2. The zero-order chi connectivity index (χ0) is 70.3. The molecule has 5 heterocycles. The molecule has 522 valence electrons. The number of primary amides is 1. The summed E-state index contributed by atoms with van der Waals surface area (Å²) in [5.74, 6) is -6.56. The molecule has 0 saturated carbocycles. The lowest BCUT2D eigenvalue weighted by Crippen LogP contribution is -2.53. The molecule has 1 aromatic heterocycles. The highest BCUT2D eigenvalue weighted by atomic mass is 35.5. The lowest BCUT2D eigenvalue weighted by atomic mass is 9.78. The molecule has 4 bridgehead atoms. The van der Waals surface area contributed by atoms with Crippen LogP contribution in [0.1, 0.15) is 127 Å². The van der Waals surface area contributed by atoms with Gasteiger partial charge < -0.3 is 69.8 Å². The van der Waals surface area contributed by atoms with Gasteiger partial charge in [0, 0.05) is 88.5 Å². The van der Waals surface area contributed by atoms with Crippen LogP contribution in [0.4, 0.5) is 10.5 Å². The van der Waals surface area contributed by atoms with Crippen LogP contribution in [0.15, 0.2) is 66.3 Å². The number of urea groups is 1. The number of nitrogens with zero attached hydrogens (tertiary/aromatic N) is 4. The third kappa shape index (κ3) is 19.9. The number of thiocarbonyl (C=S) groups is 1. The Morgan fingerprint density at radius 1 is 0.948 bits per heavy atom. The number of aromatic nitrogens is 1. The first-order valence-electron chi connectivity index (χ1n) is 32.2. The third-order valence-corrected chi connectivity index (χ3v) is 18.7. The molecular weight excluding hydrogens is 1280 g/mol. The van der Waals surface area contributed by atoms with Crippen molar-refractivity contribution < 1.29 is 86.3 Å². The molecule has 0 aliphatic carbocycles. The molecule has 6 N–H and O–H groups in total. The Morgan fingerprint density at radius 2 is 1.66 bits per heavy atom. The fourth-order valence-electron chi connectivity index (χ4n) is 11.9. The second kappa shape index (κ2) is 33.9. The number of aryl methyl sites for hydroxylation is 1. The summed E-state index contributed by atoms with van der Waals surface area (Å²) in [6.45, 7) is 13.5. The monoisotopic (exact) mass is 1370 g/mol. The SMILES string of the molecule is CO[C@@H]1/C=C/C=C(\C)Cc2cc(C)c(Cl)c(c2)N(C)C(=O)C[C@H](OC(=O)[C@H](C)N(C)C(=O)c2ccc3nc(CC(=O)[C@H](CCCNC(N)=O)NC(=O)[C@@H](CC(=S)NCCOCCOCCC(=O)ON4C(=O)CCC4=O)C(C)C)ccc3c2)[C@]2(C)O[C@H]2[C@H](C)[C@@H]2C[C@@]1(O)CC(=O)O2. The predicted octanol–water partition coefficient (Wildman–Crippen LogP) is 5.58. The molecule has 26 nitrogen and oxygen atoms in total. The number of imide groups is 1. The number of Topliss-reactive ketones (excluding diaryl/α,β-unsaturated/α-hetero) is 1. The summed E-state index contributed by atoms with van der Waals surface area (Å²) in [4.78, 5) is 144. The quantitative estimate of drug-likeness (QED) is 0.0204. The van der Waals surface area contributed by atoms with E-state index in [1.54, 1.807) is 57.3 Å². The summed E-state index contributed by atoms with van der Waals surface area (Å²) < 4.78 is 35.2. The Bertz CT molecular complexity index is 3480. The molecule has 0 radical (unpaired) electrons. The van der Waals surface area contributed by atoms with E-state index >= 15 is 0 Å². The first-order valence-corrected chi connectivity index (χ1v) is 33.0. The summed E-state index contributed by atoms with van der Waals surface area (Å²) in [5.41, 5.74) is 6.34. The molecule has 0 unspecified atom stereocenters. The number of nitrogens with one attached hydrogen (secondary N) is 3. The number of halogens is 1. The highest BCUT2D eigenvalue weighted by Crippen LogP contribution is 2.50. The predicted molar refractivity (Wildman–Crippen MR) is 356 cm³/mol. The van der Waals surface area contributed by atoms with E-state index in [4.69, 9.17) is 67.8 Å². The minimum absolute atomic E-state index is 0.00211. The molecule has 3 fully saturated rings. The molecule has 7 rings (SSSR count). The molecule has 3 saturated heterocycles. The number of aliphatic hydroxyl groups is 1. The smallest absolute Gasteiger partial charge is 0.335 e. The zero-order valence-electron chi connectivity index (χ0n) is 56.0. The van der Waals surface area contributed by atoms with Crippen LogP contribution in [-0.4, -0.2) is 193 Å². The fraction of sp³-hybridized carbons (Fsp3) is 0.559. The zero-order valence-corrected chi connectivity index (χ0v) is 57.6. The fourth-order valence-corrected chi connectivity index (χ4v) is 12.4. The number of likely N-dealkylation sites (N-methyl/N-ethyl adjacent to an activating group) is 1. The normalized spacial score (nSPS) is 24.0. The number of anilines is 1. The molecule has 3 aromatic rings. The number of pyridine rings is 1. The Balaban J connectivity index is 0.972. The molecule has 7 amide bonds. The van der Waals surface area contributed by atoms with Gasteiger partial charge >= 0.3 is 23.9 Å². The Hall–Kier alpha value is -7.79. The standard InChI is InChI=1S/C68H89ClN8O18S/c1-38(2)47(34-55(96)71-24-26-91-28-27-90-25-22-59(82)95-77-56(79)20-21-57(77)80)63(84)74-49(14-12-23-72-66(70)87)51(78)33-46-18-16-44-32-45(17-19-48(44)73-46)64(85)75(8)42(6)65(86)93-54-35-58(81)76(9)50-31-43(30-40(4)61(50)69)29-39(3)13-11-15-53(89-10)68(88)36-52(92-60(83)37-68)41(5)62-67(54,7)94-62/h11,13,15-19,30-32,38,41-42,47,49,52-54,62,88H,12,14,20-29,33-37H2,1-10H3,(H,71,96)(H,74,84)(H3,70,72,87)/b15-11+,39-13+/t41-,42+,47+,49+,52+,53-,54+,62+,67+,68-/m1/s1. The summed E-state index contributed by atoms with van der Waals surface area (Å²) in [5, 5.41) is 22.0. The van der Waals surface area contributed by atoms with E-state index in [1.807, 2.05) is 45.9 Å². The van der Waals surface area contributed by atoms with E-state index in [9.17, 15) is 53.1 Å². The summed E-state index contributed by atoms with van der Waals surface area (Å²) in [6.07, 6.45) is 1.70. The van der Waals surface area contributed by atoms with Crippen molar-refractivity contribution in [3.05, 3.63) is 93.7 Å². The van der Waals surface area contributed by atoms with Gasteiger partial charge in [-0.25, -0.2) is 14.4 Å². The summed E-state index contributed by atoms with van der Waals surface area (Å²) in [6, 6.07) is 8.92. The number of hydrogen-bond donors (Lipinski definition) is 5. The topological polar surface area (TPSA) is 344 Å². The van der Waals surface area contributed by atoms with Crippen molar-refractivity contribution >= 4 is 105 Å². The van der Waals surface area contributed by atoms with Crippen LogP contribution in [-0.2, 0) is 84.5 Å². The van der Waals surface area contributed by atoms with Gasteiger partial charge in [0.15, 0.2) is 5.78 Å². The van der Waals surface area contributed by atoms with E-state index in [1.165, 1.54) is 36.9 Å². The lowest BCUT2D eigenvalue weighted by Gasteiger charge is -2.41. The van der Waals surface area contributed by atoms with Gasteiger partial charge in [0.25, 0.3) is 17.7 Å². The molecular formula is C68H89ClN8O18S. The number of carbonyl (C=O) groups excluding carboxylic acids is 10. The second-order valence-electron chi connectivity index (χ2n) is 25.5. The van der Waals surface area contributed by atoms with Gasteiger partial charge in [0.05, 0.1) is 85.5 Å². The number of ketones is 1. The van der Waals surface area contributed by atoms with Gasteiger partial charge in [0.1, 0.15) is 35.6 Å². The van der Waals surface area contributed by atoms with E-state index in [2.05, 4.69) is 16.0 Å². The van der Waals surface area contributed by atoms with Gasteiger partial charge in [-0.1, -0.05) is 80.5 Å². The van der Waals surface area contributed by atoms with E-state index in [0.29, 0.717) is 56.7 Å². The number of rotatable bonds is 27. The minimum atomic E-state index is -1.65. The Labute approximate surface area is 568 Å². The number of hydrogen-bond acceptors (Lipinski definition) is 20. The highest BCUT2D eigenvalue weighted by molar-refractivity contribution is 7.80. The second-order valence-corrected chi connectivity index (χ2v) is 26.4. The van der Waals surface area contributed by atoms with Crippen molar-refractivity contribution in [1.82, 2.24) is 30.9 Å².